The predicted octanol–water partition coefficient (Wildman–Crippen LogP) is -4.11. The van der Waals surface area contributed by atoms with Crippen LogP contribution < -0.4 is 53.6 Å². The summed E-state index contributed by atoms with van der Waals surface area (Å²) in [6.45, 7) is 12.2. The maximum Gasteiger partial charge on any atom is 0.326 e. The largest absolute Gasteiger partial charge is 0.508 e. The fourth-order valence-electron chi connectivity index (χ4n) is 6.90. The second kappa shape index (κ2) is 30.5. The smallest absolute Gasteiger partial charge is 0.326 e. The molecule has 0 aliphatic carbocycles. The average Bonchev–Trinajstić information content (AvgIpc) is 3.28. The Balaban J connectivity index is 3.22. The summed E-state index contributed by atoms with van der Waals surface area (Å²) in [5.41, 5.74) is 5.88. The van der Waals surface area contributed by atoms with Crippen molar-refractivity contribution in [2.45, 2.75) is 155 Å². The lowest BCUT2D eigenvalue weighted by Gasteiger charge is -2.30. The van der Waals surface area contributed by atoms with E-state index in [2.05, 4.69) is 47.9 Å². The molecule has 27 heteroatoms. The van der Waals surface area contributed by atoms with Crippen LogP contribution in [0.4, 0.5) is 0 Å². The minimum absolute atomic E-state index is 0.0435. The molecule has 0 unspecified atom stereocenters. The number of carbonyl (C=O) groups excluding carboxylic acids is 10. The standard InChI is InChI=1S/C46H72N10O17/c1-10-22(6)36(44(70)51-29(17-32(47)61)39(65)50-30(18-34(63)64)40(66)52-31(46(72)73)15-20(2)3)55-43(69)35(21(4)5)54-45(71)38(24(8)58)53-33(62)19-48-42(68)37(23(7)57)56-41(67)28(49-25(9)59)16-26-11-13-27(60)14-12-26/h11-14,20-24,28-31,35-38,57-58,60H,10,15-19H2,1-9H3,(H2,47,61)(H,48,68)(H,49,59)(H,50,65)(H,51,70)(H,52,66)(H,53,62)(H,54,71)(H,55,69)(H,56,67)(H,63,64)(H,72,73)/t22-,23-,24-,28+,29+,30+,31+,35+,36+,37+,38+/m1/s1. The monoisotopic (exact) mass is 1040 g/mol. The van der Waals surface area contributed by atoms with Gasteiger partial charge in [0, 0.05) is 13.3 Å². The van der Waals surface area contributed by atoms with Gasteiger partial charge >= 0.3 is 11.9 Å². The van der Waals surface area contributed by atoms with Crippen LogP contribution in [0.5, 0.6) is 5.75 Å². The molecule has 16 N–H and O–H groups in total. The zero-order valence-electron chi connectivity index (χ0n) is 42.3. The molecule has 0 saturated carbocycles. The number of aliphatic carboxylic acids is 2. The molecule has 1 aromatic carbocycles. The number of phenolic OH excluding ortho intramolecular Hbond substituents is 1. The number of primary amides is 1. The Morgan fingerprint density at radius 2 is 1.00 bits per heavy atom. The molecule has 0 aliphatic rings. The number of hydrogen-bond donors (Lipinski definition) is 15. The molecule has 1 aromatic rings. The number of benzene rings is 1. The summed E-state index contributed by atoms with van der Waals surface area (Å²) in [5, 5.41) is 70.3. The van der Waals surface area contributed by atoms with Crippen LogP contribution in [0.25, 0.3) is 0 Å². The van der Waals surface area contributed by atoms with E-state index in [1.165, 1.54) is 52.0 Å². The molecular weight excluding hydrogens is 965 g/mol. The number of aromatic hydroxyl groups is 1. The van der Waals surface area contributed by atoms with Gasteiger partial charge in [0.15, 0.2) is 0 Å². The normalized spacial score (nSPS) is 15.6. The van der Waals surface area contributed by atoms with Crippen molar-refractivity contribution >= 4 is 71.0 Å². The minimum Gasteiger partial charge on any atom is -0.508 e. The third kappa shape index (κ3) is 22.7. The number of carbonyl (C=O) groups is 12. The maximum absolute atomic E-state index is 13.9. The lowest BCUT2D eigenvalue weighted by molar-refractivity contribution is -0.144. The molecule has 0 bridgehead atoms. The van der Waals surface area contributed by atoms with E-state index in [-0.39, 0.29) is 30.9 Å². The number of rotatable bonds is 31. The number of nitrogens with one attached hydrogen (secondary N) is 9. The van der Waals surface area contributed by atoms with Crippen LogP contribution in [0.2, 0.25) is 0 Å². The lowest BCUT2D eigenvalue weighted by atomic mass is 9.95. The first-order valence-electron chi connectivity index (χ1n) is 23.4. The Kier molecular flexibility index (Phi) is 26.5. The Hall–Kier alpha value is -7.42. The molecule has 0 aliphatic heterocycles. The van der Waals surface area contributed by atoms with E-state index in [0.29, 0.717) is 5.56 Å². The highest BCUT2D eigenvalue weighted by Crippen LogP contribution is 2.14. The average molecular weight is 1040 g/mol. The molecule has 27 nitrogen and oxygen atoms in total. The van der Waals surface area contributed by atoms with Crippen LogP contribution in [0.1, 0.15) is 93.6 Å². The van der Waals surface area contributed by atoms with E-state index in [4.69, 9.17) is 5.73 Å². The summed E-state index contributed by atoms with van der Waals surface area (Å²) in [4.78, 5) is 155. The van der Waals surface area contributed by atoms with Crippen LogP contribution >= 0.6 is 0 Å². The Bertz CT molecular complexity index is 2140. The number of phenols is 1. The molecule has 1 rings (SSSR count). The molecule has 0 saturated heterocycles. The number of aliphatic hydroxyl groups excluding tert-OH is 2. The van der Waals surface area contributed by atoms with Crippen LogP contribution in [0.3, 0.4) is 0 Å². The van der Waals surface area contributed by atoms with Gasteiger partial charge in [0.2, 0.25) is 59.1 Å². The van der Waals surface area contributed by atoms with E-state index in [0.717, 1.165) is 13.8 Å². The van der Waals surface area contributed by atoms with E-state index < -0.39 is 163 Å². The summed E-state index contributed by atoms with van der Waals surface area (Å²) in [7, 11) is 0. The summed E-state index contributed by atoms with van der Waals surface area (Å²) in [6.07, 6.45) is -4.96. The Labute approximate surface area is 421 Å². The van der Waals surface area contributed by atoms with Crippen molar-refractivity contribution < 1.29 is 83.1 Å². The van der Waals surface area contributed by atoms with Crippen molar-refractivity contribution in [3.05, 3.63) is 29.8 Å². The van der Waals surface area contributed by atoms with Crippen LogP contribution in [-0.4, -0.2) is 164 Å². The summed E-state index contributed by atoms with van der Waals surface area (Å²) < 4.78 is 0. The van der Waals surface area contributed by atoms with Crippen LogP contribution in [-0.2, 0) is 64.0 Å². The van der Waals surface area contributed by atoms with Crippen molar-refractivity contribution in [3.8, 4) is 5.75 Å². The van der Waals surface area contributed by atoms with Crippen LogP contribution in [0.15, 0.2) is 24.3 Å². The zero-order chi connectivity index (χ0) is 56.0. The van der Waals surface area contributed by atoms with Gasteiger partial charge in [0.1, 0.15) is 54.1 Å². The quantitative estimate of drug-likeness (QED) is 0.0336. The van der Waals surface area contributed by atoms with Gasteiger partial charge in [-0.25, -0.2) is 4.79 Å². The van der Waals surface area contributed by atoms with Gasteiger partial charge in [-0.15, -0.1) is 0 Å². The zero-order valence-corrected chi connectivity index (χ0v) is 42.3. The molecule has 408 valence electrons. The highest BCUT2D eigenvalue weighted by Gasteiger charge is 2.38. The maximum atomic E-state index is 13.9. The first kappa shape index (κ1) is 63.6. The van der Waals surface area contributed by atoms with E-state index in [9.17, 15) is 83.1 Å². The van der Waals surface area contributed by atoms with Gasteiger partial charge in [0.05, 0.1) is 31.6 Å². The molecule has 10 amide bonds. The van der Waals surface area contributed by atoms with Crippen molar-refractivity contribution in [2.75, 3.05) is 6.54 Å². The molecular formula is C46H72N10O17. The predicted molar refractivity (Wildman–Crippen MR) is 257 cm³/mol. The van der Waals surface area contributed by atoms with Gasteiger partial charge in [-0.1, -0.05) is 60.1 Å². The molecule has 0 spiro atoms. The van der Waals surface area contributed by atoms with Gasteiger partial charge in [0.25, 0.3) is 0 Å². The summed E-state index contributed by atoms with van der Waals surface area (Å²) in [5.74, 6) is -15.0. The van der Waals surface area contributed by atoms with Gasteiger partial charge in [-0.3, -0.25) is 52.7 Å². The fraction of sp³-hybridized carbons (Fsp3) is 0.609. The van der Waals surface area contributed by atoms with Gasteiger partial charge in [-0.05, 0) is 55.7 Å². The van der Waals surface area contributed by atoms with Crippen molar-refractivity contribution in [1.82, 2.24) is 47.9 Å². The van der Waals surface area contributed by atoms with Gasteiger partial charge in [-0.2, -0.15) is 0 Å². The second-order valence-electron chi connectivity index (χ2n) is 18.4. The number of carboxylic acid groups (broad SMARTS) is 2. The minimum atomic E-state index is -1.89. The number of nitrogens with two attached hydrogens (primary N) is 1. The molecule has 0 aromatic heterocycles. The third-order valence-electron chi connectivity index (χ3n) is 11.0. The number of carboxylic acids is 2. The Morgan fingerprint density at radius 3 is 1.47 bits per heavy atom. The number of hydrogen-bond acceptors (Lipinski definition) is 15. The highest BCUT2D eigenvalue weighted by molar-refractivity contribution is 5.99. The number of amides is 10. The first-order chi connectivity index (χ1) is 33.9. The van der Waals surface area contributed by atoms with E-state index in [1.54, 1.807) is 20.8 Å². The third-order valence-corrected chi connectivity index (χ3v) is 11.0. The lowest BCUT2D eigenvalue weighted by Crippen LogP contribution is -2.62. The van der Waals surface area contributed by atoms with E-state index >= 15 is 0 Å². The van der Waals surface area contributed by atoms with E-state index in [1.807, 2.05) is 0 Å². The Morgan fingerprint density at radius 1 is 0.548 bits per heavy atom. The molecule has 73 heavy (non-hydrogen) atoms. The fourth-order valence-corrected chi connectivity index (χ4v) is 6.90. The van der Waals surface area contributed by atoms with Crippen LogP contribution in [0, 0.1) is 17.8 Å². The SMILES string of the molecule is CC[C@@H](C)[C@H](NC(=O)[C@@H](NC(=O)[C@@H](NC(=O)CNC(=O)[C@@H](NC(=O)[C@H](Cc1ccc(O)cc1)NC(C)=O)[C@@H](C)O)[C@@H](C)O)C(C)C)C(=O)N[C@@H](CC(N)=O)C(=O)N[C@@H](CC(=O)O)C(=O)N[C@@H](CC(C)C)C(=O)O. The molecule has 0 heterocycles. The summed E-state index contributed by atoms with van der Waals surface area (Å²) >= 11 is 0. The summed E-state index contributed by atoms with van der Waals surface area (Å²) in [6, 6.07) is -7.08. The van der Waals surface area contributed by atoms with Crippen molar-refractivity contribution in [3.63, 3.8) is 0 Å². The van der Waals surface area contributed by atoms with Crippen molar-refractivity contribution in [1.29, 1.82) is 0 Å². The van der Waals surface area contributed by atoms with Crippen molar-refractivity contribution in [2.24, 2.45) is 23.5 Å². The second-order valence-corrected chi connectivity index (χ2v) is 18.4. The molecule has 11 atom stereocenters. The number of aliphatic hydroxyl groups is 2. The topological polar surface area (TPSA) is 440 Å². The van der Waals surface area contributed by atoms with Gasteiger partial charge < -0.3 is 79.1 Å². The molecule has 0 fully saturated rings. The highest BCUT2D eigenvalue weighted by atomic mass is 16.4. The molecule has 0 radical (unpaired) electrons. The first-order valence-corrected chi connectivity index (χ1v) is 23.4.